The van der Waals surface area contributed by atoms with Crippen molar-refractivity contribution >= 4 is 10.9 Å². The van der Waals surface area contributed by atoms with Crippen LogP contribution in [0.4, 0.5) is 0 Å². The van der Waals surface area contributed by atoms with Crippen molar-refractivity contribution in [3.8, 4) is 0 Å². The van der Waals surface area contributed by atoms with Gasteiger partial charge in [-0.15, -0.1) is 0 Å². The smallest absolute Gasteiger partial charge is 0.0704 e. The minimum Gasteiger partial charge on any atom is -0.324 e. The molecule has 1 aromatic carbocycles. The first kappa shape index (κ1) is 10.7. The molecule has 0 radical (unpaired) electrons. The Morgan fingerprint density at radius 2 is 2.00 bits per heavy atom. The lowest BCUT2D eigenvalue weighted by molar-refractivity contribution is 0.391. The molecular formula is C15H18N2. The highest BCUT2D eigenvalue weighted by Gasteiger charge is 2.51. The molecule has 0 atom stereocenters. The Balaban J connectivity index is 2.12. The Morgan fingerprint density at radius 3 is 2.71 bits per heavy atom. The van der Waals surface area contributed by atoms with E-state index in [9.17, 15) is 0 Å². The molecule has 1 aromatic heterocycles. The number of nitrogens with zero attached hydrogens (tertiary/aromatic N) is 1. The molecule has 1 saturated carbocycles. The number of rotatable bonds is 2. The molecule has 0 saturated heterocycles. The first-order valence-corrected chi connectivity index (χ1v) is 6.17. The molecule has 0 aliphatic heterocycles. The number of aromatic nitrogens is 1. The Labute approximate surface area is 102 Å². The first-order chi connectivity index (χ1) is 8.03. The molecule has 0 bridgehead atoms. The molecule has 0 amide bonds. The number of fused-ring (bicyclic) bond motifs is 1. The molecule has 2 heteroatoms. The van der Waals surface area contributed by atoms with Crippen molar-refractivity contribution in [3.63, 3.8) is 0 Å². The highest BCUT2D eigenvalue weighted by Crippen LogP contribution is 2.49. The maximum Gasteiger partial charge on any atom is 0.0704 e. The van der Waals surface area contributed by atoms with Gasteiger partial charge in [-0.2, -0.15) is 0 Å². The minimum atomic E-state index is -0.0184. The van der Waals surface area contributed by atoms with Crippen LogP contribution in [0.25, 0.3) is 10.9 Å². The van der Waals surface area contributed by atoms with Crippen LogP contribution in [0.2, 0.25) is 0 Å². The number of pyridine rings is 1. The van der Waals surface area contributed by atoms with E-state index in [-0.39, 0.29) is 11.0 Å². The third kappa shape index (κ3) is 1.55. The van der Waals surface area contributed by atoms with Crippen LogP contribution < -0.4 is 5.73 Å². The van der Waals surface area contributed by atoms with Crippen LogP contribution in [0.5, 0.6) is 0 Å². The summed E-state index contributed by atoms with van der Waals surface area (Å²) < 4.78 is 0. The van der Waals surface area contributed by atoms with Gasteiger partial charge < -0.3 is 5.73 Å². The van der Waals surface area contributed by atoms with E-state index < -0.39 is 0 Å². The van der Waals surface area contributed by atoms with Crippen LogP contribution in [-0.2, 0) is 5.41 Å². The summed E-state index contributed by atoms with van der Waals surface area (Å²) in [6.07, 6.45) is 4.09. The predicted molar refractivity (Wildman–Crippen MR) is 70.9 cm³/mol. The van der Waals surface area contributed by atoms with Gasteiger partial charge in [-0.1, -0.05) is 32.0 Å². The van der Waals surface area contributed by atoms with Crippen LogP contribution in [0.1, 0.15) is 32.3 Å². The minimum absolute atomic E-state index is 0.0184. The van der Waals surface area contributed by atoms with E-state index >= 15 is 0 Å². The van der Waals surface area contributed by atoms with Crippen LogP contribution >= 0.6 is 0 Å². The van der Waals surface area contributed by atoms with Gasteiger partial charge in [0.25, 0.3) is 0 Å². The van der Waals surface area contributed by atoms with Crippen molar-refractivity contribution in [2.75, 3.05) is 0 Å². The van der Waals surface area contributed by atoms with Crippen molar-refractivity contribution in [1.29, 1.82) is 0 Å². The lowest BCUT2D eigenvalue weighted by Crippen LogP contribution is -2.43. The molecule has 2 aromatic rings. The van der Waals surface area contributed by atoms with Gasteiger partial charge in [0.15, 0.2) is 0 Å². The Bertz CT molecular complexity index is 568. The van der Waals surface area contributed by atoms with Crippen molar-refractivity contribution in [2.24, 2.45) is 5.73 Å². The summed E-state index contributed by atoms with van der Waals surface area (Å²) in [5.74, 6) is 0. The van der Waals surface area contributed by atoms with Gasteiger partial charge in [0, 0.05) is 22.5 Å². The maximum absolute atomic E-state index is 6.38. The second kappa shape index (κ2) is 3.30. The molecule has 1 aliphatic rings. The fraction of sp³-hybridized carbons (Fsp3) is 0.400. The van der Waals surface area contributed by atoms with Crippen molar-refractivity contribution < 1.29 is 0 Å². The van der Waals surface area contributed by atoms with Crippen molar-refractivity contribution in [3.05, 3.63) is 42.1 Å². The fourth-order valence-electron chi connectivity index (χ4n) is 2.50. The number of hydrogen-bond donors (Lipinski definition) is 1. The average molecular weight is 226 g/mol. The van der Waals surface area contributed by atoms with Crippen LogP contribution in [0, 0.1) is 0 Å². The van der Waals surface area contributed by atoms with Crippen molar-refractivity contribution in [1.82, 2.24) is 4.98 Å². The molecule has 0 spiro atoms. The van der Waals surface area contributed by atoms with Crippen LogP contribution in [0.15, 0.2) is 36.5 Å². The fourth-order valence-corrected chi connectivity index (χ4v) is 2.50. The maximum atomic E-state index is 6.38. The number of benzene rings is 1. The molecule has 17 heavy (non-hydrogen) atoms. The molecule has 3 rings (SSSR count). The molecule has 1 fully saturated rings. The van der Waals surface area contributed by atoms with E-state index in [1.54, 1.807) is 0 Å². The highest BCUT2D eigenvalue weighted by molar-refractivity contribution is 5.79. The van der Waals surface area contributed by atoms with Gasteiger partial charge in [-0.05, 0) is 30.5 Å². The van der Waals surface area contributed by atoms with Gasteiger partial charge in [0.1, 0.15) is 0 Å². The molecule has 2 nitrogen and oxygen atoms in total. The molecular weight excluding hydrogens is 208 g/mol. The first-order valence-electron chi connectivity index (χ1n) is 6.17. The molecule has 1 heterocycles. The van der Waals surface area contributed by atoms with E-state index in [1.165, 1.54) is 10.9 Å². The average Bonchev–Trinajstić information content (AvgIpc) is 3.08. The summed E-state index contributed by atoms with van der Waals surface area (Å²) in [4.78, 5) is 4.42. The summed E-state index contributed by atoms with van der Waals surface area (Å²) in [6, 6.07) is 10.6. The van der Waals surface area contributed by atoms with Gasteiger partial charge in [0.2, 0.25) is 0 Å². The van der Waals surface area contributed by atoms with Crippen molar-refractivity contribution in [2.45, 2.75) is 37.6 Å². The monoisotopic (exact) mass is 226 g/mol. The Kier molecular flexibility index (Phi) is 2.08. The summed E-state index contributed by atoms with van der Waals surface area (Å²) in [7, 11) is 0. The van der Waals surface area contributed by atoms with E-state index in [4.69, 9.17) is 5.73 Å². The molecule has 0 unspecified atom stereocenters. The SMILES string of the molecule is CC(C)(c1ccc2cccnc2c1)C1(N)CC1. The topological polar surface area (TPSA) is 38.9 Å². The Morgan fingerprint density at radius 1 is 1.24 bits per heavy atom. The van der Waals surface area contributed by atoms with Gasteiger partial charge >= 0.3 is 0 Å². The second-order valence-electron chi connectivity index (χ2n) is 5.69. The lowest BCUT2D eigenvalue weighted by atomic mass is 9.76. The summed E-state index contributed by atoms with van der Waals surface area (Å²) in [5.41, 5.74) is 8.74. The third-order valence-corrected chi connectivity index (χ3v) is 4.36. The predicted octanol–water partition coefficient (Wildman–Crippen LogP) is 3.00. The third-order valence-electron chi connectivity index (χ3n) is 4.36. The van der Waals surface area contributed by atoms with E-state index in [1.807, 2.05) is 12.3 Å². The molecule has 88 valence electrons. The second-order valence-corrected chi connectivity index (χ2v) is 5.69. The lowest BCUT2D eigenvalue weighted by Gasteiger charge is -2.32. The van der Waals surface area contributed by atoms with Gasteiger partial charge in [0.05, 0.1) is 5.52 Å². The van der Waals surface area contributed by atoms with E-state index in [0.717, 1.165) is 18.4 Å². The standard InChI is InChI=1S/C15H18N2/c1-14(2,15(16)7-8-15)12-6-5-11-4-3-9-17-13(11)10-12/h3-6,9-10H,7-8,16H2,1-2H3. The zero-order valence-corrected chi connectivity index (χ0v) is 10.4. The zero-order chi connectivity index (χ0) is 12.1. The quantitative estimate of drug-likeness (QED) is 0.855. The van der Waals surface area contributed by atoms with Crippen LogP contribution in [0.3, 0.4) is 0 Å². The highest BCUT2D eigenvalue weighted by atomic mass is 14.9. The number of nitrogens with two attached hydrogens (primary N) is 1. The normalized spacial score (nSPS) is 18.3. The zero-order valence-electron chi connectivity index (χ0n) is 10.4. The Hall–Kier alpha value is -1.41. The van der Waals surface area contributed by atoms with E-state index in [2.05, 4.69) is 43.1 Å². The van der Waals surface area contributed by atoms with Gasteiger partial charge in [-0.25, -0.2) is 0 Å². The largest absolute Gasteiger partial charge is 0.324 e. The summed E-state index contributed by atoms with van der Waals surface area (Å²) >= 11 is 0. The van der Waals surface area contributed by atoms with Gasteiger partial charge in [-0.3, -0.25) is 4.98 Å². The summed E-state index contributed by atoms with van der Waals surface area (Å²) in [6.45, 7) is 4.48. The molecule has 1 aliphatic carbocycles. The molecule has 2 N–H and O–H groups in total. The summed E-state index contributed by atoms with van der Waals surface area (Å²) in [5, 5.41) is 1.19. The number of hydrogen-bond acceptors (Lipinski definition) is 2. The van der Waals surface area contributed by atoms with E-state index in [0.29, 0.717) is 0 Å². The van der Waals surface area contributed by atoms with Crippen LogP contribution in [-0.4, -0.2) is 10.5 Å².